The van der Waals surface area contributed by atoms with Crippen LogP contribution < -0.4 is 16.0 Å². The van der Waals surface area contributed by atoms with Crippen molar-refractivity contribution < 1.29 is 8.42 Å². The van der Waals surface area contributed by atoms with Crippen molar-refractivity contribution in [2.24, 2.45) is 5.84 Å². The number of benzene rings is 1. The Hall–Kier alpha value is -1.96. The number of nitrogens with two attached hydrogens (primary N) is 1. The van der Waals surface area contributed by atoms with Crippen molar-refractivity contribution >= 4 is 15.8 Å². The van der Waals surface area contributed by atoms with Crippen molar-refractivity contribution in [3.05, 3.63) is 54.2 Å². The number of nitrogen functional groups attached to an aromatic ring is 1. The Balaban J connectivity index is 2.22. The van der Waals surface area contributed by atoms with E-state index < -0.39 is 10.0 Å². The maximum absolute atomic E-state index is 12.4. The molecule has 1 aromatic heterocycles. The SMILES string of the molecule is CCC(NS(=O)(=O)c1ccc(NN)nc1)c1ccccc1. The van der Waals surface area contributed by atoms with Crippen LogP contribution in [0.4, 0.5) is 5.82 Å². The lowest BCUT2D eigenvalue weighted by Gasteiger charge is -2.17. The average Bonchev–Trinajstić information content (AvgIpc) is 2.53. The maximum Gasteiger partial charge on any atom is 0.242 e. The quantitative estimate of drug-likeness (QED) is 0.558. The van der Waals surface area contributed by atoms with E-state index in [2.05, 4.69) is 15.1 Å². The minimum atomic E-state index is -3.63. The fourth-order valence-corrected chi connectivity index (χ4v) is 3.20. The van der Waals surface area contributed by atoms with Crippen LogP contribution in [0, 0.1) is 0 Å². The van der Waals surface area contributed by atoms with E-state index in [0.717, 1.165) is 5.56 Å². The van der Waals surface area contributed by atoms with Crippen LogP contribution in [0.1, 0.15) is 24.9 Å². The third-order valence-corrected chi connectivity index (χ3v) is 4.56. The van der Waals surface area contributed by atoms with Gasteiger partial charge in [-0.25, -0.2) is 24.0 Å². The number of rotatable bonds is 6. The Morgan fingerprint density at radius 1 is 1.19 bits per heavy atom. The standard InChI is InChI=1S/C14H18N4O2S/c1-2-13(11-6-4-3-5-7-11)18-21(19,20)12-8-9-14(17-15)16-10-12/h3-10,13,18H,2,15H2,1H3,(H,16,17). The zero-order valence-corrected chi connectivity index (χ0v) is 12.5. The Morgan fingerprint density at radius 2 is 1.90 bits per heavy atom. The predicted molar refractivity (Wildman–Crippen MR) is 81.8 cm³/mol. The van der Waals surface area contributed by atoms with Crippen molar-refractivity contribution in [3.8, 4) is 0 Å². The Kier molecular flexibility index (Phi) is 4.89. The first kappa shape index (κ1) is 15.4. The highest BCUT2D eigenvalue weighted by Crippen LogP contribution is 2.20. The zero-order valence-electron chi connectivity index (χ0n) is 11.7. The van der Waals surface area contributed by atoms with Gasteiger partial charge in [0, 0.05) is 12.2 Å². The van der Waals surface area contributed by atoms with Crippen LogP contribution in [-0.4, -0.2) is 13.4 Å². The van der Waals surface area contributed by atoms with Crippen LogP contribution in [0.3, 0.4) is 0 Å². The molecule has 4 N–H and O–H groups in total. The molecule has 0 saturated carbocycles. The molecular formula is C14H18N4O2S. The molecule has 2 rings (SSSR count). The average molecular weight is 306 g/mol. The van der Waals surface area contributed by atoms with Gasteiger partial charge in [-0.2, -0.15) is 0 Å². The molecule has 0 amide bonds. The lowest BCUT2D eigenvalue weighted by molar-refractivity contribution is 0.550. The highest BCUT2D eigenvalue weighted by molar-refractivity contribution is 7.89. The van der Waals surface area contributed by atoms with Crippen molar-refractivity contribution in [2.75, 3.05) is 5.43 Å². The predicted octanol–water partition coefficient (Wildman–Crippen LogP) is 1.80. The minimum Gasteiger partial charge on any atom is -0.308 e. The van der Waals surface area contributed by atoms with E-state index in [1.54, 1.807) is 0 Å². The molecule has 112 valence electrons. The summed E-state index contributed by atoms with van der Waals surface area (Å²) >= 11 is 0. The van der Waals surface area contributed by atoms with Gasteiger partial charge >= 0.3 is 0 Å². The molecule has 0 bridgehead atoms. The van der Waals surface area contributed by atoms with E-state index in [4.69, 9.17) is 5.84 Å². The van der Waals surface area contributed by atoms with Crippen LogP contribution >= 0.6 is 0 Å². The Labute approximate surface area is 124 Å². The smallest absolute Gasteiger partial charge is 0.242 e. The number of pyridine rings is 1. The number of hydrogen-bond donors (Lipinski definition) is 3. The van der Waals surface area contributed by atoms with Gasteiger partial charge in [0.05, 0.1) is 0 Å². The number of nitrogens with one attached hydrogen (secondary N) is 2. The van der Waals surface area contributed by atoms with E-state index in [1.165, 1.54) is 18.3 Å². The summed E-state index contributed by atoms with van der Waals surface area (Å²) in [6, 6.07) is 12.2. The van der Waals surface area contributed by atoms with E-state index in [-0.39, 0.29) is 10.9 Å². The molecule has 0 aliphatic heterocycles. The van der Waals surface area contributed by atoms with Gasteiger partial charge in [0.25, 0.3) is 0 Å². The lowest BCUT2D eigenvalue weighted by atomic mass is 10.1. The number of hydrogen-bond acceptors (Lipinski definition) is 5. The van der Waals surface area contributed by atoms with E-state index in [0.29, 0.717) is 12.2 Å². The summed E-state index contributed by atoms with van der Waals surface area (Å²) in [7, 11) is -3.63. The molecule has 0 fully saturated rings. The number of hydrazine groups is 1. The van der Waals surface area contributed by atoms with Gasteiger partial charge in [-0.3, -0.25) is 0 Å². The third-order valence-electron chi connectivity index (χ3n) is 3.10. The second-order valence-corrected chi connectivity index (χ2v) is 6.23. The highest BCUT2D eigenvalue weighted by atomic mass is 32.2. The van der Waals surface area contributed by atoms with Crippen LogP contribution in [0.2, 0.25) is 0 Å². The van der Waals surface area contributed by atoms with Crippen LogP contribution in [-0.2, 0) is 10.0 Å². The monoisotopic (exact) mass is 306 g/mol. The molecule has 2 aromatic rings. The third kappa shape index (κ3) is 3.78. The Bertz CT molecular complexity index is 672. The minimum absolute atomic E-state index is 0.107. The van der Waals surface area contributed by atoms with Gasteiger partial charge in [-0.05, 0) is 24.1 Å². The molecule has 1 aromatic carbocycles. The molecule has 7 heteroatoms. The first-order valence-electron chi connectivity index (χ1n) is 6.56. The van der Waals surface area contributed by atoms with E-state index in [1.807, 2.05) is 37.3 Å². The first-order chi connectivity index (χ1) is 10.1. The molecule has 0 spiro atoms. The van der Waals surface area contributed by atoms with Gasteiger partial charge < -0.3 is 5.43 Å². The number of aromatic nitrogens is 1. The molecule has 0 saturated heterocycles. The fourth-order valence-electron chi connectivity index (χ4n) is 1.95. The summed E-state index contributed by atoms with van der Waals surface area (Å²) in [6.45, 7) is 1.93. The summed E-state index contributed by atoms with van der Waals surface area (Å²) in [5.74, 6) is 5.62. The van der Waals surface area contributed by atoms with Crippen LogP contribution in [0.25, 0.3) is 0 Å². The summed E-state index contributed by atoms with van der Waals surface area (Å²) < 4.78 is 27.4. The maximum atomic E-state index is 12.4. The first-order valence-corrected chi connectivity index (χ1v) is 8.05. The largest absolute Gasteiger partial charge is 0.308 e. The lowest BCUT2D eigenvalue weighted by Crippen LogP contribution is -2.28. The highest BCUT2D eigenvalue weighted by Gasteiger charge is 2.20. The van der Waals surface area contributed by atoms with Crippen LogP contribution in [0.5, 0.6) is 0 Å². The van der Waals surface area contributed by atoms with Gasteiger partial charge in [0.15, 0.2) is 0 Å². The summed E-state index contributed by atoms with van der Waals surface area (Å²) in [5.41, 5.74) is 3.28. The number of nitrogens with zero attached hydrogens (tertiary/aromatic N) is 1. The molecular weight excluding hydrogens is 288 g/mol. The molecule has 0 aliphatic rings. The fraction of sp³-hybridized carbons (Fsp3) is 0.214. The molecule has 0 radical (unpaired) electrons. The second kappa shape index (κ2) is 6.66. The molecule has 6 nitrogen and oxygen atoms in total. The van der Waals surface area contributed by atoms with Gasteiger partial charge in [-0.1, -0.05) is 37.3 Å². The summed E-state index contributed by atoms with van der Waals surface area (Å²) in [5, 5.41) is 0. The normalized spacial score (nSPS) is 12.9. The van der Waals surface area contributed by atoms with Crippen molar-refractivity contribution in [1.29, 1.82) is 0 Å². The van der Waals surface area contributed by atoms with Crippen LogP contribution in [0.15, 0.2) is 53.6 Å². The topological polar surface area (TPSA) is 97.1 Å². The summed E-state index contributed by atoms with van der Waals surface area (Å²) in [6.07, 6.45) is 1.92. The van der Waals surface area contributed by atoms with Gasteiger partial charge in [0.2, 0.25) is 10.0 Å². The molecule has 0 aliphatic carbocycles. The van der Waals surface area contributed by atoms with Crippen molar-refractivity contribution in [3.63, 3.8) is 0 Å². The van der Waals surface area contributed by atoms with Crippen molar-refractivity contribution in [2.45, 2.75) is 24.3 Å². The summed E-state index contributed by atoms with van der Waals surface area (Å²) in [4.78, 5) is 4.02. The van der Waals surface area contributed by atoms with Gasteiger partial charge in [-0.15, -0.1) is 0 Å². The molecule has 1 atom stereocenters. The number of sulfonamides is 1. The molecule has 21 heavy (non-hydrogen) atoms. The van der Waals surface area contributed by atoms with Crippen molar-refractivity contribution in [1.82, 2.24) is 9.71 Å². The molecule has 1 unspecified atom stereocenters. The molecule has 1 heterocycles. The second-order valence-electron chi connectivity index (χ2n) is 4.52. The van der Waals surface area contributed by atoms with E-state index in [9.17, 15) is 8.42 Å². The van der Waals surface area contributed by atoms with Gasteiger partial charge in [0.1, 0.15) is 10.7 Å². The number of anilines is 1. The Morgan fingerprint density at radius 3 is 2.43 bits per heavy atom. The zero-order chi connectivity index (χ0) is 15.3. The van der Waals surface area contributed by atoms with E-state index >= 15 is 0 Å².